The summed E-state index contributed by atoms with van der Waals surface area (Å²) in [6.07, 6.45) is 1.85. The summed E-state index contributed by atoms with van der Waals surface area (Å²) in [6, 6.07) is -0.0212. The van der Waals surface area contributed by atoms with Gasteiger partial charge in [0, 0.05) is 18.9 Å². The van der Waals surface area contributed by atoms with E-state index in [1.807, 2.05) is 13.8 Å². The molecule has 0 amide bonds. The number of Topliss-reactive ketones (excluding diaryl/α,β-unsaturated/α-hetero) is 1. The van der Waals surface area contributed by atoms with Gasteiger partial charge in [0.05, 0.1) is 0 Å². The number of nitrogens with two attached hydrogens (primary N) is 1. The molecule has 0 saturated heterocycles. The molecule has 0 fully saturated rings. The minimum atomic E-state index is -0.0212. The first-order valence-corrected chi connectivity index (χ1v) is 4.00. The van der Waals surface area contributed by atoms with Crippen LogP contribution in [0.5, 0.6) is 0 Å². The van der Waals surface area contributed by atoms with Crippen molar-refractivity contribution in [3.63, 3.8) is 0 Å². The zero-order valence-corrected chi connectivity index (χ0v) is 7.39. The van der Waals surface area contributed by atoms with E-state index in [0.29, 0.717) is 12.8 Å². The van der Waals surface area contributed by atoms with Crippen molar-refractivity contribution in [3.8, 4) is 0 Å². The highest BCUT2D eigenvalue weighted by molar-refractivity contribution is 5.81. The third kappa shape index (κ3) is 5.80. The second kappa shape index (κ2) is 5.08. The average molecular weight is 155 g/mol. The summed E-state index contributed by atoms with van der Waals surface area (Å²) < 4.78 is 0. The van der Waals surface area contributed by atoms with Gasteiger partial charge >= 0.3 is 0 Å². The molecular formula is C9H17NO. The maximum Gasteiger partial charge on any atom is 0.138 e. The van der Waals surface area contributed by atoms with Crippen LogP contribution in [0.15, 0.2) is 12.2 Å². The maximum atomic E-state index is 11.1. The predicted octanol–water partition coefficient (Wildman–Crippen LogP) is 1.65. The van der Waals surface area contributed by atoms with E-state index < -0.39 is 0 Å². The van der Waals surface area contributed by atoms with Gasteiger partial charge in [-0.05, 0) is 13.3 Å². The highest BCUT2D eigenvalue weighted by Crippen LogP contribution is 2.05. The third-order valence-electron chi connectivity index (χ3n) is 1.50. The van der Waals surface area contributed by atoms with Crippen molar-refractivity contribution >= 4 is 5.78 Å². The lowest BCUT2D eigenvalue weighted by Gasteiger charge is -2.04. The van der Waals surface area contributed by atoms with E-state index in [0.717, 1.165) is 12.0 Å². The molecule has 0 aliphatic heterocycles. The lowest BCUT2D eigenvalue weighted by molar-refractivity contribution is -0.118. The van der Waals surface area contributed by atoms with E-state index >= 15 is 0 Å². The summed E-state index contributed by atoms with van der Waals surface area (Å²) in [7, 11) is 0. The van der Waals surface area contributed by atoms with Gasteiger partial charge in [0.2, 0.25) is 0 Å². The first kappa shape index (κ1) is 10.4. The topological polar surface area (TPSA) is 43.1 Å². The van der Waals surface area contributed by atoms with Crippen molar-refractivity contribution in [1.82, 2.24) is 0 Å². The summed E-state index contributed by atoms with van der Waals surface area (Å²) >= 11 is 0. The quantitative estimate of drug-likeness (QED) is 0.613. The Balaban J connectivity index is 3.61. The molecule has 0 bridgehead atoms. The van der Waals surface area contributed by atoms with Crippen molar-refractivity contribution in [1.29, 1.82) is 0 Å². The second-order valence-corrected chi connectivity index (χ2v) is 3.00. The van der Waals surface area contributed by atoms with Crippen LogP contribution in [0.2, 0.25) is 0 Å². The Hall–Kier alpha value is -0.630. The fourth-order valence-electron chi connectivity index (χ4n) is 0.835. The normalized spacial score (nSPS) is 12.6. The Labute approximate surface area is 68.5 Å². The van der Waals surface area contributed by atoms with Gasteiger partial charge < -0.3 is 5.73 Å². The molecule has 0 saturated carbocycles. The number of hydrogen-bond acceptors (Lipinski definition) is 2. The smallest absolute Gasteiger partial charge is 0.138 e. The molecule has 1 atom stereocenters. The molecule has 0 aliphatic rings. The van der Waals surface area contributed by atoms with Gasteiger partial charge in [-0.1, -0.05) is 19.1 Å². The zero-order valence-electron chi connectivity index (χ0n) is 7.39. The summed E-state index contributed by atoms with van der Waals surface area (Å²) in [5.74, 6) is 0.201. The Morgan fingerprint density at radius 3 is 2.55 bits per heavy atom. The van der Waals surface area contributed by atoms with Crippen LogP contribution in [0, 0.1) is 0 Å². The van der Waals surface area contributed by atoms with Gasteiger partial charge in [-0.15, -0.1) is 0 Å². The molecule has 11 heavy (non-hydrogen) atoms. The molecule has 1 unspecified atom stereocenters. The molecule has 0 radical (unpaired) electrons. The summed E-state index contributed by atoms with van der Waals surface area (Å²) in [4.78, 5) is 11.1. The Morgan fingerprint density at radius 2 is 2.18 bits per heavy atom. The molecule has 2 heteroatoms. The number of allylic oxidation sites excluding steroid dienone is 1. The van der Waals surface area contributed by atoms with E-state index in [-0.39, 0.29) is 11.8 Å². The molecule has 0 aromatic rings. The van der Waals surface area contributed by atoms with Crippen molar-refractivity contribution in [2.45, 2.75) is 39.2 Å². The van der Waals surface area contributed by atoms with E-state index in [2.05, 4.69) is 6.58 Å². The first-order chi connectivity index (χ1) is 5.06. The van der Waals surface area contributed by atoms with Gasteiger partial charge in [-0.3, -0.25) is 4.79 Å². The van der Waals surface area contributed by atoms with Crippen molar-refractivity contribution in [3.05, 3.63) is 12.2 Å². The monoisotopic (exact) mass is 155 g/mol. The highest BCUT2D eigenvalue weighted by Gasteiger charge is 2.05. The van der Waals surface area contributed by atoms with Gasteiger partial charge in [0.1, 0.15) is 5.78 Å². The molecule has 0 aromatic carbocycles. The second-order valence-electron chi connectivity index (χ2n) is 3.00. The van der Waals surface area contributed by atoms with Crippen molar-refractivity contribution in [2.75, 3.05) is 0 Å². The molecule has 0 aromatic heterocycles. The SMILES string of the molecule is C=C(CC)CC(=O)CC(C)N. The maximum absolute atomic E-state index is 11.1. The van der Waals surface area contributed by atoms with Crippen LogP contribution in [0.4, 0.5) is 0 Å². The van der Waals surface area contributed by atoms with Crippen LogP contribution in [0.1, 0.15) is 33.1 Å². The molecule has 64 valence electrons. The van der Waals surface area contributed by atoms with E-state index in [1.165, 1.54) is 0 Å². The summed E-state index contributed by atoms with van der Waals surface area (Å²) in [6.45, 7) is 7.60. The number of carbonyl (C=O) groups excluding carboxylic acids is 1. The average Bonchev–Trinajstić information content (AvgIpc) is 1.85. The van der Waals surface area contributed by atoms with Gasteiger partial charge in [-0.25, -0.2) is 0 Å². The molecule has 0 aliphatic carbocycles. The van der Waals surface area contributed by atoms with Crippen LogP contribution < -0.4 is 5.73 Å². The summed E-state index contributed by atoms with van der Waals surface area (Å²) in [5.41, 5.74) is 6.46. The molecular weight excluding hydrogens is 138 g/mol. The fraction of sp³-hybridized carbons (Fsp3) is 0.667. The van der Waals surface area contributed by atoms with Crippen LogP contribution in [-0.4, -0.2) is 11.8 Å². The molecule has 0 spiro atoms. The van der Waals surface area contributed by atoms with Crippen LogP contribution in [0.3, 0.4) is 0 Å². The lowest BCUT2D eigenvalue weighted by Crippen LogP contribution is -2.19. The summed E-state index contributed by atoms with van der Waals surface area (Å²) in [5, 5.41) is 0. The van der Waals surface area contributed by atoms with Crippen LogP contribution in [-0.2, 0) is 4.79 Å². The van der Waals surface area contributed by atoms with Gasteiger partial charge in [0.25, 0.3) is 0 Å². The lowest BCUT2D eigenvalue weighted by atomic mass is 10.0. The number of ketones is 1. The third-order valence-corrected chi connectivity index (χ3v) is 1.50. The van der Waals surface area contributed by atoms with E-state index in [4.69, 9.17) is 5.73 Å². The van der Waals surface area contributed by atoms with Crippen molar-refractivity contribution in [2.24, 2.45) is 5.73 Å². The molecule has 0 heterocycles. The van der Waals surface area contributed by atoms with Crippen LogP contribution >= 0.6 is 0 Å². The number of rotatable bonds is 5. The minimum Gasteiger partial charge on any atom is -0.328 e. The Kier molecular flexibility index (Phi) is 4.79. The zero-order chi connectivity index (χ0) is 8.85. The standard InChI is InChI=1S/C9H17NO/c1-4-7(2)5-9(11)6-8(3)10/h8H,2,4-6,10H2,1,3H3. The fourth-order valence-corrected chi connectivity index (χ4v) is 0.835. The van der Waals surface area contributed by atoms with Crippen LogP contribution in [0.25, 0.3) is 0 Å². The number of carbonyl (C=O) groups is 1. The highest BCUT2D eigenvalue weighted by atomic mass is 16.1. The molecule has 2 N–H and O–H groups in total. The van der Waals surface area contributed by atoms with E-state index in [9.17, 15) is 4.79 Å². The predicted molar refractivity (Wildman–Crippen MR) is 47.3 cm³/mol. The Morgan fingerprint density at radius 1 is 1.64 bits per heavy atom. The van der Waals surface area contributed by atoms with E-state index in [1.54, 1.807) is 0 Å². The molecule has 2 nitrogen and oxygen atoms in total. The molecule has 0 rings (SSSR count). The Bertz CT molecular complexity index is 150. The largest absolute Gasteiger partial charge is 0.328 e. The first-order valence-electron chi connectivity index (χ1n) is 4.00. The van der Waals surface area contributed by atoms with Crippen molar-refractivity contribution < 1.29 is 4.79 Å². The minimum absolute atomic E-state index is 0.0212. The van der Waals surface area contributed by atoms with Gasteiger partial charge in [-0.2, -0.15) is 0 Å². The van der Waals surface area contributed by atoms with Gasteiger partial charge in [0.15, 0.2) is 0 Å². The number of hydrogen-bond donors (Lipinski definition) is 1.